The van der Waals surface area contributed by atoms with E-state index in [1.807, 2.05) is 18.3 Å². The first-order chi connectivity index (χ1) is 10.8. The fourth-order valence-electron chi connectivity index (χ4n) is 2.87. The average molecular weight is 301 g/mol. The summed E-state index contributed by atoms with van der Waals surface area (Å²) in [6, 6.07) is 4.06. The van der Waals surface area contributed by atoms with E-state index in [4.69, 9.17) is 4.74 Å². The summed E-state index contributed by atoms with van der Waals surface area (Å²) < 4.78 is 5.35. The molecule has 1 atom stereocenters. The van der Waals surface area contributed by atoms with Crippen LogP contribution in [0, 0.1) is 5.92 Å². The van der Waals surface area contributed by atoms with E-state index in [9.17, 15) is 4.79 Å². The highest BCUT2D eigenvalue weighted by Gasteiger charge is 2.18. The van der Waals surface area contributed by atoms with Gasteiger partial charge in [-0.25, -0.2) is 4.98 Å². The van der Waals surface area contributed by atoms with E-state index in [0.717, 1.165) is 56.9 Å². The molecule has 1 aliphatic carbocycles. The zero-order chi connectivity index (χ0) is 15.2. The molecule has 0 radical (unpaired) electrons. The number of carbonyl (C=O) groups is 1. The lowest BCUT2D eigenvalue weighted by atomic mass is 9.93. The topological polar surface area (TPSA) is 54.5 Å². The first-order valence-electron chi connectivity index (χ1n) is 8.03. The maximum absolute atomic E-state index is 12.1. The van der Waals surface area contributed by atoms with E-state index in [1.165, 1.54) is 0 Å². The zero-order valence-corrected chi connectivity index (χ0v) is 12.8. The first kappa shape index (κ1) is 15.0. The average Bonchev–Trinajstić information content (AvgIpc) is 2.61. The summed E-state index contributed by atoms with van der Waals surface area (Å²) in [7, 11) is 0. The Morgan fingerprint density at radius 1 is 1.32 bits per heavy atom. The van der Waals surface area contributed by atoms with Gasteiger partial charge in [0.1, 0.15) is 5.82 Å². The molecule has 3 rings (SSSR count). The zero-order valence-electron chi connectivity index (χ0n) is 12.8. The van der Waals surface area contributed by atoms with Crippen molar-refractivity contribution in [2.45, 2.75) is 25.8 Å². The second kappa shape index (κ2) is 7.40. The first-order valence-corrected chi connectivity index (χ1v) is 8.03. The standard InChI is InChI=1S/C17H23N3O2/c21-17(15-4-2-1-3-5-15)19-13-14-6-7-16(18-12-14)20-8-10-22-11-9-20/h1-2,6-7,12,15H,3-5,8-11,13H2,(H,19,21)/t15-/m1/s1. The third kappa shape index (κ3) is 3.85. The van der Waals surface area contributed by atoms with Gasteiger partial charge in [-0.3, -0.25) is 4.79 Å². The van der Waals surface area contributed by atoms with Crippen LogP contribution < -0.4 is 10.2 Å². The molecule has 5 heteroatoms. The van der Waals surface area contributed by atoms with E-state index in [1.54, 1.807) is 0 Å². The van der Waals surface area contributed by atoms with Gasteiger partial charge in [0.05, 0.1) is 13.2 Å². The summed E-state index contributed by atoms with van der Waals surface area (Å²) in [6.07, 6.45) is 8.93. The molecule has 0 saturated carbocycles. The summed E-state index contributed by atoms with van der Waals surface area (Å²) in [4.78, 5) is 18.8. The molecule has 22 heavy (non-hydrogen) atoms. The van der Waals surface area contributed by atoms with Crippen molar-refractivity contribution in [3.8, 4) is 0 Å². The van der Waals surface area contributed by atoms with Gasteiger partial charge in [0.25, 0.3) is 0 Å². The van der Waals surface area contributed by atoms with Gasteiger partial charge in [-0.15, -0.1) is 0 Å². The smallest absolute Gasteiger partial charge is 0.223 e. The summed E-state index contributed by atoms with van der Waals surface area (Å²) in [6.45, 7) is 3.84. The number of hydrogen-bond acceptors (Lipinski definition) is 4. The van der Waals surface area contributed by atoms with Crippen molar-refractivity contribution in [1.82, 2.24) is 10.3 Å². The van der Waals surface area contributed by atoms with Crippen LogP contribution in [-0.4, -0.2) is 37.2 Å². The van der Waals surface area contributed by atoms with Crippen LogP contribution in [0.4, 0.5) is 5.82 Å². The lowest BCUT2D eigenvalue weighted by molar-refractivity contribution is -0.125. The van der Waals surface area contributed by atoms with Crippen molar-refractivity contribution in [2.75, 3.05) is 31.2 Å². The van der Waals surface area contributed by atoms with Crippen LogP contribution in [0.25, 0.3) is 0 Å². The molecular weight excluding hydrogens is 278 g/mol. The molecule has 2 heterocycles. The highest BCUT2D eigenvalue weighted by Crippen LogP contribution is 2.18. The third-order valence-corrected chi connectivity index (χ3v) is 4.25. The molecule has 0 unspecified atom stereocenters. The van der Waals surface area contributed by atoms with Crippen molar-refractivity contribution in [2.24, 2.45) is 5.92 Å². The minimum absolute atomic E-state index is 0.130. The van der Waals surface area contributed by atoms with Crippen molar-refractivity contribution in [1.29, 1.82) is 0 Å². The number of ether oxygens (including phenoxy) is 1. The molecule has 0 spiro atoms. The number of morpholine rings is 1. The Kier molecular flexibility index (Phi) is 5.06. The predicted octanol–water partition coefficient (Wildman–Crippen LogP) is 1.89. The van der Waals surface area contributed by atoms with Crippen LogP contribution in [0.15, 0.2) is 30.5 Å². The number of pyridine rings is 1. The number of aromatic nitrogens is 1. The minimum atomic E-state index is 0.130. The Morgan fingerprint density at radius 3 is 2.86 bits per heavy atom. The van der Waals surface area contributed by atoms with Gasteiger partial charge in [0, 0.05) is 31.7 Å². The van der Waals surface area contributed by atoms with Gasteiger partial charge >= 0.3 is 0 Å². The molecule has 1 amide bonds. The van der Waals surface area contributed by atoms with Gasteiger partial charge in [0.2, 0.25) is 5.91 Å². The molecule has 1 N–H and O–H groups in total. The van der Waals surface area contributed by atoms with E-state index < -0.39 is 0 Å². The SMILES string of the molecule is O=C(NCc1ccc(N2CCOCC2)nc1)[C@@H]1CC=CCC1. The number of nitrogens with zero attached hydrogens (tertiary/aromatic N) is 2. The van der Waals surface area contributed by atoms with E-state index in [0.29, 0.717) is 6.54 Å². The quantitative estimate of drug-likeness (QED) is 0.863. The van der Waals surface area contributed by atoms with Gasteiger partial charge in [-0.1, -0.05) is 18.2 Å². The fourth-order valence-corrected chi connectivity index (χ4v) is 2.87. The van der Waals surface area contributed by atoms with Crippen molar-refractivity contribution < 1.29 is 9.53 Å². The molecular formula is C17H23N3O2. The van der Waals surface area contributed by atoms with Crippen LogP contribution in [0.2, 0.25) is 0 Å². The monoisotopic (exact) mass is 301 g/mol. The molecule has 1 aliphatic heterocycles. The lowest BCUT2D eigenvalue weighted by Gasteiger charge is -2.27. The van der Waals surface area contributed by atoms with E-state index in [-0.39, 0.29) is 11.8 Å². The van der Waals surface area contributed by atoms with E-state index in [2.05, 4.69) is 27.4 Å². The summed E-state index contributed by atoms with van der Waals surface area (Å²) in [5, 5.41) is 3.02. The number of nitrogens with one attached hydrogen (secondary N) is 1. The Balaban J connectivity index is 1.50. The van der Waals surface area contributed by atoms with Crippen molar-refractivity contribution in [3.05, 3.63) is 36.0 Å². The minimum Gasteiger partial charge on any atom is -0.378 e. The van der Waals surface area contributed by atoms with Gasteiger partial charge < -0.3 is 15.0 Å². The lowest BCUT2D eigenvalue weighted by Crippen LogP contribution is -2.36. The summed E-state index contributed by atoms with van der Waals surface area (Å²) in [5.74, 6) is 1.27. The Morgan fingerprint density at radius 2 is 2.18 bits per heavy atom. The molecule has 0 bridgehead atoms. The van der Waals surface area contributed by atoms with Crippen LogP contribution in [0.3, 0.4) is 0 Å². The fraction of sp³-hybridized carbons (Fsp3) is 0.529. The number of amides is 1. The summed E-state index contributed by atoms with van der Waals surface area (Å²) >= 11 is 0. The molecule has 0 aromatic carbocycles. The molecule has 1 fully saturated rings. The van der Waals surface area contributed by atoms with Gasteiger partial charge in [-0.2, -0.15) is 0 Å². The molecule has 2 aliphatic rings. The predicted molar refractivity (Wildman–Crippen MR) is 85.6 cm³/mol. The number of rotatable bonds is 4. The molecule has 1 aromatic heterocycles. The number of carbonyl (C=O) groups excluding carboxylic acids is 1. The maximum atomic E-state index is 12.1. The summed E-state index contributed by atoms with van der Waals surface area (Å²) in [5.41, 5.74) is 1.04. The van der Waals surface area contributed by atoms with Crippen LogP contribution in [0.1, 0.15) is 24.8 Å². The highest BCUT2D eigenvalue weighted by atomic mass is 16.5. The normalized spacial score (nSPS) is 21.6. The highest BCUT2D eigenvalue weighted by molar-refractivity contribution is 5.78. The van der Waals surface area contributed by atoms with Gasteiger partial charge in [-0.05, 0) is 30.9 Å². The third-order valence-electron chi connectivity index (χ3n) is 4.25. The Hall–Kier alpha value is -1.88. The number of allylic oxidation sites excluding steroid dienone is 2. The van der Waals surface area contributed by atoms with Crippen molar-refractivity contribution >= 4 is 11.7 Å². The van der Waals surface area contributed by atoms with Crippen molar-refractivity contribution in [3.63, 3.8) is 0 Å². The molecule has 5 nitrogen and oxygen atoms in total. The maximum Gasteiger partial charge on any atom is 0.223 e. The molecule has 118 valence electrons. The Bertz CT molecular complexity index is 521. The van der Waals surface area contributed by atoms with Gasteiger partial charge in [0.15, 0.2) is 0 Å². The van der Waals surface area contributed by atoms with E-state index >= 15 is 0 Å². The second-order valence-corrected chi connectivity index (χ2v) is 5.82. The largest absolute Gasteiger partial charge is 0.378 e. The molecule has 1 aromatic rings. The number of hydrogen-bond donors (Lipinski definition) is 1. The Labute approximate surface area is 131 Å². The second-order valence-electron chi connectivity index (χ2n) is 5.82. The number of anilines is 1. The van der Waals surface area contributed by atoms with Crippen LogP contribution >= 0.6 is 0 Å². The van der Waals surface area contributed by atoms with Crippen LogP contribution in [-0.2, 0) is 16.1 Å². The molecule has 1 saturated heterocycles. The van der Waals surface area contributed by atoms with Crippen LogP contribution in [0.5, 0.6) is 0 Å².